The van der Waals surface area contributed by atoms with Crippen LogP contribution < -0.4 is 9.64 Å². The van der Waals surface area contributed by atoms with Crippen molar-refractivity contribution in [1.82, 2.24) is 10.2 Å². The molecule has 39 heavy (non-hydrogen) atoms. The molecule has 10 heteroatoms. The summed E-state index contributed by atoms with van der Waals surface area (Å²) >= 11 is 8.92. The molecule has 7 nitrogen and oxygen atoms in total. The Bertz CT molecular complexity index is 1570. The van der Waals surface area contributed by atoms with Crippen LogP contribution in [0.5, 0.6) is 5.75 Å². The number of aliphatic hydroxyl groups excluding tert-OH is 1. The Hall–Kier alpha value is -3.66. The van der Waals surface area contributed by atoms with Gasteiger partial charge in [-0.25, -0.2) is 0 Å². The van der Waals surface area contributed by atoms with Gasteiger partial charge in [-0.3, -0.25) is 14.5 Å². The maximum Gasteiger partial charge on any atom is 0.301 e. The van der Waals surface area contributed by atoms with Gasteiger partial charge in [0.05, 0.1) is 18.2 Å². The highest BCUT2D eigenvalue weighted by Crippen LogP contribution is 2.44. The van der Waals surface area contributed by atoms with E-state index in [9.17, 15) is 14.7 Å². The number of ketones is 1. The summed E-state index contributed by atoms with van der Waals surface area (Å²) in [4.78, 5) is 28.2. The molecule has 1 atom stereocenters. The molecule has 0 bridgehead atoms. The van der Waals surface area contributed by atoms with E-state index in [1.165, 1.54) is 28.0 Å². The van der Waals surface area contributed by atoms with E-state index in [0.29, 0.717) is 38.6 Å². The minimum Gasteiger partial charge on any atom is -0.507 e. The van der Waals surface area contributed by atoms with Crippen molar-refractivity contribution in [2.45, 2.75) is 30.0 Å². The number of hydrogen-bond acceptors (Lipinski definition) is 8. The lowest BCUT2D eigenvalue weighted by Crippen LogP contribution is -2.29. The number of carbonyl (C=O) groups excluding carboxylic acids is 2. The lowest BCUT2D eigenvalue weighted by Gasteiger charge is -2.23. The Morgan fingerprint density at radius 3 is 2.59 bits per heavy atom. The van der Waals surface area contributed by atoms with Crippen molar-refractivity contribution in [1.29, 1.82) is 0 Å². The van der Waals surface area contributed by atoms with Crippen LogP contribution in [0.4, 0.5) is 5.13 Å². The van der Waals surface area contributed by atoms with Crippen molar-refractivity contribution in [2.75, 3.05) is 11.5 Å². The largest absolute Gasteiger partial charge is 0.507 e. The number of amides is 1. The number of nitrogens with zero attached hydrogens (tertiary/aromatic N) is 3. The van der Waals surface area contributed by atoms with Crippen LogP contribution in [0.3, 0.4) is 0 Å². The molecule has 1 N–H and O–H groups in total. The lowest BCUT2D eigenvalue weighted by molar-refractivity contribution is -0.132. The third-order valence-electron chi connectivity index (χ3n) is 6.17. The summed E-state index contributed by atoms with van der Waals surface area (Å²) in [7, 11) is 0. The Balaban J connectivity index is 1.56. The second-order valence-electron chi connectivity index (χ2n) is 8.77. The van der Waals surface area contributed by atoms with Crippen LogP contribution in [0.15, 0.2) is 82.7 Å². The lowest BCUT2D eigenvalue weighted by atomic mass is 9.95. The molecule has 1 aromatic heterocycles. The third-order valence-corrected chi connectivity index (χ3v) is 8.64. The zero-order chi connectivity index (χ0) is 27.5. The van der Waals surface area contributed by atoms with Gasteiger partial charge in [-0.1, -0.05) is 94.9 Å². The van der Waals surface area contributed by atoms with Crippen LogP contribution in [0, 0.1) is 6.92 Å². The summed E-state index contributed by atoms with van der Waals surface area (Å²) in [6.07, 6.45) is 0. The molecule has 1 aliphatic heterocycles. The molecule has 1 unspecified atom stereocenters. The maximum absolute atomic E-state index is 13.4. The molecule has 4 aromatic rings. The van der Waals surface area contributed by atoms with Crippen LogP contribution in [-0.4, -0.2) is 33.6 Å². The number of halogens is 1. The number of rotatable bonds is 8. The molecule has 0 aliphatic carbocycles. The number of anilines is 1. The van der Waals surface area contributed by atoms with Gasteiger partial charge in [0.25, 0.3) is 5.78 Å². The fourth-order valence-corrected chi connectivity index (χ4v) is 6.42. The van der Waals surface area contributed by atoms with Gasteiger partial charge in [-0.2, -0.15) is 0 Å². The zero-order valence-corrected chi connectivity index (χ0v) is 23.5. The average molecular weight is 578 g/mol. The summed E-state index contributed by atoms with van der Waals surface area (Å²) in [6, 6.07) is 20.9. The number of aliphatic hydroxyl groups is 1. The molecular formula is C29H24ClN3O4S2. The first kappa shape index (κ1) is 26.9. The van der Waals surface area contributed by atoms with Gasteiger partial charge in [0.15, 0.2) is 4.34 Å². The van der Waals surface area contributed by atoms with E-state index in [2.05, 4.69) is 10.2 Å². The Kier molecular flexibility index (Phi) is 8.02. The van der Waals surface area contributed by atoms with Gasteiger partial charge >= 0.3 is 5.91 Å². The fraction of sp³-hybridized carbons (Fsp3) is 0.172. The fourth-order valence-electron chi connectivity index (χ4n) is 4.27. The molecule has 1 saturated heterocycles. The molecule has 0 radical (unpaired) electrons. The molecule has 0 saturated carbocycles. The summed E-state index contributed by atoms with van der Waals surface area (Å²) in [5, 5.41) is 20.7. The highest BCUT2D eigenvalue weighted by Gasteiger charge is 2.48. The normalized spacial score (nSPS) is 16.6. The van der Waals surface area contributed by atoms with E-state index in [-0.39, 0.29) is 16.5 Å². The van der Waals surface area contributed by atoms with Gasteiger partial charge in [0, 0.05) is 16.3 Å². The van der Waals surface area contributed by atoms with Gasteiger partial charge in [-0.15, -0.1) is 10.2 Å². The van der Waals surface area contributed by atoms with Crippen molar-refractivity contribution >= 4 is 57.3 Å². The van der Waals surface area contributed by atoms with E-state index < -0.39 is 17.7 Å². The van der Waals surface area contributed by atoms with Crippen molar-refractivity contribution in [3.8, 4) is 5.75 Å². The van der Waals surface area contributed by atoms with Gasteiger partial charge in [0.1, 0.15) is 11.5 Å². The van der Waals surface area contributed by atoms with Crippen LogP contribution in [0.25, 0.3) is 5.76 Å². The number of benzene rings is 3. The summed E-state index contributed by atoms with van der Waals surface area (Å²) < 4.78 is 6.29. The minimum atomic E-state index is -0.916. The highest BCUT2D eigenvalue weighted by molar-refractivity contribution is 8.00. The first-order valence-electron chi connectivity index (χ1n) is 12.2. The Labute approximate surface area is 239 Å². The first-order chi connectivity index (χ1) is 18.9. The number of ether oxygens (including phenoxy) is 1. The Morgan fingerprint density at radius 2 is 1.85 bits per heavy atom. The van der Waals surface area contributed by atoms with Gasteiger partial charge in [0.2, 0.25) is 5.13 Å². The van der Waals surface area contributed by atoms with Crippen LogP contribution >= 0.6 is 34.7 Å². The molecule has 1 aliphatic rings. The number of thioether (sulfide) groups is 1. The van der Waals surface area contributed by atoms with Crippen LogP contribution in [0.2, 0.25) is 5.02 Å². The van der Waals surface area contributed by atoms with E-state index in [0.717, 1.165) is 11.1 Å². The Morgan fingerprint density at radius 1 is 1.08 bits per heavy atom. The quantitative estimate of drug-likeness (QED) is 0.0807. The van der Waals surface area contributed by atoms with E-state index in [1.807, 2.05) is 50.2 Å². The standard InChI is InChI=1S/C29H24ClN3O4S2/c1-3-37-21-9-6-8-19(15-21)24-23(25(34)18-13-11-17(2)12-14-18)26(35)27(36)33(24)28-31-32-29(39-28)38-16-20-7-4-5-10-22(20)30/h4-15,24,34H,3,16H2,1-2H3. The first-order valence-corrected chi connectivity index (χ1v) is 14.4. The second-order valence-corrected chi connectivity index (χ2v) is 11.4. The molecule has 2 heterocycles. The van der Waals surface area contributed by atoms with E-state index in [4.69, 9.17) is 16.3 Å². The number of Topliss-reactive ketones (excluding diaryl/α,β-unsaturated/α-hetero) is 1. The monoisotopic (exact) mass is 577 g/mol. The van der Waals surface area contributed by atoms with Crippen molar-refractivity contribution in [3.05, 3.63) is 106 Å². The van der Waals surface area contributed by atoms with Crippen molar-refractivity contribution in [3.63, 3.8) is 0 Å². The molecule has 3 aromatic carbocycles. The van der Waals surface area contributed by atoms with Crippen molar-refractivity contribution < 1.29 is 19.4 Å². The smallest absolute Gasteiger partial charge is 0.301 e. The zero-order valence-electron chi connectivity index (χ0n) is 21.1. The van der Waals surface area contributed by atoms with Crippen molar-refractivity contribution in [2.24, 2.45) is 0 Å². The van der Waals surface area contributed by atoms with Gasteiger partial charge in [-0.05, 0) is 43.2 Å². The summed E-state index contributed by atoms with van der Waals surface area (Å²) in [5.74, 6) is -0.667. The topological polar surface area (TPSA) is 92.6 Å². The van der Waals surface area contributed by atoms with Crippen LogP contribution in [0.1, 0.15) is 35.2 Å². The average Bonchev–Trinajstić information content (AvgIpc) is 3.50. The predicted octanol–water partition coefficient (Wildman–Crippen LogP) is 6.82. The van der Waals surface area contributed by atoms with Gasteiger partial charge < -0.3 is 9.84 Å². The minimum absolute atomic E-state index is 0.0158. The molecule has 0 spiro atoms. The highest BCUT2D eigenvalue weighted by atomic mass is 35.5. The molecular weight excluding hydrogens is 554 g/mol. The predicted molar refractivity (Wildman–Crippen MR) is 154 cm³/mol. The molecule has 1 amide bonds. The number of hydrogen-bond donors (Lipinski definition) is 1. The SMILES string of the molecule is CCOc1cccc(C2C(=C(O)c3ccc(C)cc3)C(=O)C(=O)N2c2nnc(SCc3ccccc3Cl)s2)c1. The third kappa shape index (κ3) is 5.56. The van der Waals surface area contributed by atoms with E-state index in [1.54, 1.807) is 36.4 Å². The van der Waals surface area contributed by atoms with Crippen LogP contribution in [-0.2, 0) is 15.3 Å². The summed E-state index contributed by atoms with van der Waals surface area (Å²) in [5.41, 5.74) is 2.99. The van der Waals surface area contributed by atoms with E-state index >= 15 is 0 Å². The number of carbonyl (C=O) groups is 2. The number of aromatic nitrogens is 2. The maximum atomic E-state index is 13.4. The number of aryl methyl sites for hydroxylation is 1. The second kappa shape index (κ2) is 11.6. The molecule has 5 rings (SSSR count). The molecule has 1 fully saturated rings. The summed E-state index contributed by atoms with van der Waals surface area (Å²) in [6.45, 7) is 4.26. The molecule has 198 valence electrons.